The smallest absolute Gasteiger partial charge is 0.339 e. The fraction of sp³-hybridized carbons (Fsp3) is 0.250. The van der Waals surface area contributed by atoms with Crippen molar-refractivity contribution in [3.63, 3.8) is 0 Å². The van der Waals surface area contributed by atoms with E-state index in [9.17, 15) is 8.42 Å². The Hall–Kier alpha value is -2.99. The van der Waals surface area contributed by atoms with Gasteiger partial charge in [-0.25, -0.2) is 0 Å². The lowest BCUT2D eigenvalue weighted by Gasteiger charge is -2.12. The Labute approximate surface area is 178 Å². The van der Waals surface area contributed by atoms with Crippen molar-refractivity contribution >= 4 is 10.1 Å². The molecule has 0 radical (unpaired) electrons. The molecule has 0 fully saturated rings. The molecule has 0 bridgehead atoms. The Balaban J connectivity index is 1.62. The molecule has 158 valence electrons. The summed E-state index contributed by atoms with van der Waals surface area (Å²) in [5.74, 6) is 1.54. The van der Waals surface area contributed by atoms with Crippen LogP contribution in [0.1, 0.15) is 30.9 Å². The Kier molecular flexibility index (Phi) is 7.36. The monoisotopic (exact) mass is 426 g/mol. The minimum absolute atomic E-state index is 0.0900. The predicted octanol–water partition coefficient (Wildman–Crippen LogP) is 5.52. The zero-order valence-corrected chi connectivity index (χ0v) is 18.0. The Morgan fingerprint density at radius 1 is 0.833 bits per heavy atom. The molecule has 0 spiro atoms. The van der Waals surface area contributed by atoms with Gasteiger partial charge in [-0.05, 0) is 66.9 Å². The zero-order valence-electron chi connectivity index (χ0n) is 17.2. The average Bonchev–Trinajstić information content (AvgIpc) is 2.75. The first-order chi connectivity index (χ1) is 14.5. The molecule has 0 aromatic heterocycles. The molecule has 5 nitrogen and oxygen atoms in total. The fourth-order valence-corrected chi connectivity index (χ4v) is 3.79. The fourth-order valence-electron chi connectivity index (χ4n) is 2.77. The molecule has 0 amide bonds. The van der Waals surface area contributed by atoms with E-state index in [1.165, 1.54) is 6.07 Å². The lowest BCUT2D eigenvalue weighted by atomic mass is 10.2. The molecule has 0 heterocycles. The van der Waals surface area contributed by atoms with Crippen LogP contribution in [0.2, 0.25) is 0 Å². The molecule has 0 aliphatic heterocycles. The van der Waals surface area contributed by atoms with Crippen molar-refractivity contribution < 1.29 is 22.1 Å². The molecule has 0 atom stereocenters. The third-order valence-corrected chi connectivity index (χ3v) is 5.71. The molecule has 0 saturated carbocycles. The van der Waals surface area contributed by atoms with Crippen molar-refractivity contribution in [1.82, 2.24) is 0 Å². The molecular formula is C24H26O5S. The second kappa shape index (κ2) is 10.2. The number of hydrogen-bond donors (Lipinski definition) is 0. The van der Waals surface area contributed by atoms with E-state index in [0.717, 1.165) is 24.0 Å². The van der Waals surface area contributed by atoms with Crippen LogP contribution in [-0.4, -0.2) is 15.0 Å². The summed E-state index contributed by atoms with van der Waals surface area (Å²) >= 11 is 0. The second-order valence-corrected chi connectivity index (χ2v) is 8.46. The lowest BCUT2D eigenvalue weighted by Crippen LogP contribution is -2.10. The summed E-state index contributed by atoms with van der Waals surface area (Å²) in [7, 11) is -3.94. The normalized spacial score (nSPS) is 11.1. The van der Waals surface area contributed by atoms with Crippen molar-refractivity contribution in [2.45, 2.75) is 38.2 Å². The van der Waals surface area contributed by atoms with Crippen LogP contribution in [0.4, 0.5) is 0 Å². The van der Waals surface area contributed by atoms with E-state index in [1.54, 1.807) is 36.4 Å². The summed E-state index contributed by atoms with van der Waals surface area (Å²) in [6, 6.07) is 21.1. The summed E-state index contributed by atoms with van der Waals surface area (Å²) in [5, 5.41) is 0. The van der Waals surface area contributed by atoms with Gasteiger partial charge in [-0.1, -0.05) is 43.7 Å². The van der Waals surface area contributed by atoms with E-state index in [-0.39, 0.29) is 10.6 Å². The number of ether oxygens (including phenoxy) is 2. The van der Waals surface area contributed by atoms with Gasteiger partial charge in [0, 0.05) is 0 Å². The molecule has 30 heavy (non-hydrogen) atoms. The average molecular weight is 427 g/mol. The Morgan fingerprint density at radius 2 is 1.53 bits per heavy atom. The van der Waals surface area contributed by atoms with Gasteiger partial charge in [0.05, 0.1) is 6.61 Å². The maximum Gasteiger partial charge on any atom is 0.339 e. The standard InChI is InChI=1S/C24H26O5S/c1-3-4-16-27-24-15-14-23(17-19(24)2)30(25,26)29-22-12-10-21(11-13-22)28-18-20-8-6-5-7-9-20/h5-15,17H,3-4,16,18H2,1-2H3. The van der Waals surface area contributed by atoms with Gasteiger partial charge in [0.15, 0.2) is 0 Å². The lowest BCUT2D eigenvalue weighted by molar-refractivity contribution is 0.306. The van der Waals surface area contributed by atoms with Crippen LogP contribution in [0.25, 0.3) is 0 Å². The molecule has 3 rings (SSSR count). The molecule has 0 unspecified atom stereocenters. The summed E-state index contributed by atoms with van der Waals surface area (Å²) in [5.41, 5.74) is 1.80. The van der Waals surface area contributed by atoms with Crippen LogP contribution in [-0.2, 0) is 16.7 Å². The minimum Gasteiger partial charge on any atom is -0.493 e. The van der Waals surface area contributed by atoms with E-state index < -0.39 is 10.1 Å². The first kappa shape index (κ1) is 21.7. The van der Waals surface area contributed by atoms with Gasteiger partial charge in [-0.15, -0.1) is 0 Å². The van der Waals surface area contributed by atoms with E-state index >= 15 is 0 Å². The summed E-state index contributed by atoms with van der Waals surface area (Å²) in [6.07, 6.45) is 1.99. The number of rotatable bonds is 10. The van der Waals surface area contributed by atoms with Gasteiger partial charge in [-0.3, -0.25) is 0 Å². The molecule has 0 N–H and O–H groups in total. The van der Waals surface area contributed by atoms with Gasteiger partial charge in [0.1, 0.15) is 28.8 Å². The van der Waals surface area contributed by atoms with Crippen LogP contribution >= 0.6 is 0 Å². The zero-order chi connectivity index (χ0) is 21.4. The van der Waals surface area contributed by atoms with E-state index in [1.807, 2.05) is 37.3 Å². The summed E-state index contributed by atoms with van der Waals surface area (Å²) < 4.78 is 41.9. The van der Waals surface area contributed by atoms with Crippen LogP contribution in [0, 0.1) is 6.92 Å². The maximum absolute atomic E-state index is 12.6. The largest absolute Gasteiger partial charge is 0.493 e. The highest BCUT2D eigenvalue weighted by Crippen LogP contribution is 2.26. The third kappa shape index (κ3) is 6.00. The SMILES string of the molecule is CCCCOc1ccc(S(=O)(=O)Oc2ccc(OCc3ccccc3)cc2)cc1C. The highest BCUT2D eigenvalue weighted by atomic mass is 32.2. The molecule has 0 aliphatic rings. The maximum atomic E-state index is 12.6. The van der Waals surface area contributed by atoms with E-state index in [2.05, 4.69) is 6.92 Å². The molecule has 6 heteroatoms. The van der Waals surface area contributed by atoms with Crippen molar-refractivity contribution in [2.24, 2.45) is 0 Å². The second-order valence-electron chi connectivity index (χ2n) is 6.91. The number of unbranched alkanes of at least 4 members (excludes halogenated alkanes) is 1. The molecule has 0 saturated heterocycles. The van der Waals surface area contributed by atoms with E-state index in [4.69, 9.17) is 13.7 Å². The van der Waals surface area contributed by atoms with Crippen molar-refractivity contribution in [3.05, 3.63) is 83.9 Å². The number of hydrogen-bond acceptors (Lipinski definition) is 5. The van der Waals surface area contributed by atoms with Gasteiger partial charge in [0.25, 0.3) is 0 Å². The summed E-state index contributed by atoms with van der Waals surface area (Å²) in [6.45, 7) is 4.95. The van der Waals surface area contributed by atoms with Gasteiger partial charge < -0.3 is 13.7 Å². The predicted molar refractivity (Wildman–Crippen MR) is 117 cm³/mol. The number of aryl methyl sites for hydroxylation is 1. The highest BCUT2D eigenvalue weighted by molar-refractivity contribution is 7.87. The summed E-state index contributed by atoms with van der Waals surface area (Å²) in [4.78, 5) is 0.0900. The number of benzene rings is 3. The third-order valence-electron chi connectivity index (χ3n) is 4.47. The van der Waals surface area contributed by atoms with Crippen LogP contribution < -0.4 is 13.7 Å². The van der Waals surface area contributed by atoms with Crippen molar-refractivity contribution in [1.29, 1.82) is 0 Å². The Bertz CT molecular complexity index is 1040. The molecule has 3 aromatic carbocycles. The van der Waals surface area contributed by atoms with Gasteiger partial charge >= 0.3 is 10.1 Å². The van der Waals surface area contributed by atoms with Gasteiger partial charge in [0.2, 0.25) is 0 Å². The first-order valence-electron chi connectivity index (χ1n) is 9.92. The topological polar surface area (TPSA) is 61.8 Å². The van der Waals surface area contributed by atoms with E-state index in [0.29, 0.717) is 24.7 Å². The minimum atomic E-state index is -3.94. The molecule has 3 aromatic rings. The van der Waals surface area contributed by atoms with Crippen LogP contribution in [0.5, 0.6) is 17.2 Å². The first-order valence-corrected chi connectivity index (χ1v) is 11.3. The highest BCUT2D eigenvalue weighted by Gasteiger charge is 2.18. The van der Waals surface area contributed by atoms with Crippen molar-refractivity contribution in [2.75, 3.05) is 6.61 Å². The molecular weight excluding hydrogens is 400 g/mol. The Morgan fingerprint density at radius 3 is 2.20 bits per heavy atom. The van der Waals surface area contributed by atoms with Crippen LogP contribution in [0.15, 0.2) is 77.7 Å². The van der Waals surface area contributed by atoms with Gasteiger partial charge in [-0.2, -0.15) is 8.42 Å². The van der Waals surface area contributed by atoms with Crippen molar-refractivity contribution in [3.8, 4) is 17.2 Å². The van der Waals surface area contributed by atoms with Crippen LogP contribution in [0.3, 0.4) is 0 Å². The quantitative estimate of drug-likeness (QED) is 0.315. The molecule has 0 aliphatic carbocycles.